The smallest absolute Gasteiger partial charge is 0.250 e. The lowest BCUT2D eigenvalue weighted by atomic mass is 10.3. The molecule has 0 spiro atoms. The van der Waals surface area contributed by atoms with Gasteiger partial charge in [-0.15, -0.1) is 0 Å². The van der Waals surface area contributed by atoms with Crippen molar-refractivity contribution in [3.05, 3.63) is 27.7 Å². The van der Waals surface area contributed by atoms with E-state index in [2.05, 4.69) is 21.2 Å². The van der Waals surface area contributed by atoms with Crippen molar-refractivity contribution in [1.82, 2.24) is 0 Å². The summed E-state index contributed by atoms with van der Waals surface area (Å²) in [6, 6.07) is 5.17. The van der Waals surface area contributed by atoms with Gasteiger partial charge >= 0.3 is 0 Å². The second kappa shape index (κ2) is 7.66. The highest BCUT2D eigenvalue weighted by Crippen LogP contribution is 2.25. The van der Waals surface area contributed by atoms with E-state index >= 15 is 0 Å². The summed E-state index contributed by atoms with van der Waals surface area (Å²) < 4.78 is 10.7. The minimum absolute atomic E-state index is 0.0116. The number of carbonyl (C=O) groups excluding carboxylic acids is 1. The third-order valence-electron chi connectivity index (χ3n) is 1.87. The topological polar surface area (TPSA) is 47.6 Å². The Balaban J connectivity index is 2.42. The second-order valence-corrected chi connectivity index (χ2v) is 4.51. The van der Waals surface area contributed by atoms with Crippen molar-refractivity contribution in [3.63, 3.8) is 0 Å². The number of halogens is 2. The molecule has 1 aromatic rings. The molecule has 17 heavy (non-hydrogen) atoms. The van der Waals surface area contributed by atoms with E-state index in [0.29, 0.717) is 23.9 Å². The molecule has 0 saturated heterocycles. The van der Waals surface area contributed by atoms with Crippen LogP contribution in [0.3, 0.4) is 0 Å². The molecule has 6 heteroatoms. The number of anilines is 1. The Kier molecular flexibility index (Phi) is 6.50. The summed E-state index contributed by atoms with van der Waals surface area (Å²) >= 11 is 9.14. The van der Waals surface area contributed by atoms with Crippen LogP contribution in [0.1, 0.15) is 0 Å². The van der Waals surface area contributed by atoms with Crippen molar-refractivity contribution in [2.45, 2.75) is 0 Å². The van der Waals surface area contributed by atoms with Crippen LogP contribution in [-0.2, 0) is 14.3 Å². The fourth-order valence-electron chi connectivity index (χ4n) is 1.09. The van der Waals surface area contributed by atoms with E-state index in [1.54, 1.807) is 25.3 Å². The van der Waals surface area contributed by atoms with Crippen LogP contribution in [0.25, 0.3) is 0 Å². The van der Waals surface area contributed by atoms with Crippen LogP contribution in [0.5, 0.6) is 0 Å². The van der Waals surface area contributed by atoms with Crippen LogP contribution in [0.4, 0.5) is 5.69 Å². The van der Waals surface area contributed by atoms with Crippen LogP contribution >= 0.6 is 27.5 Å². The van der Waals surface area contributed by atoms with Gasteiger partial charge in [-0.1, -0.05) is 11.6 Å². The molecule has 1 amide bonds. The van der Waals surface area contributed by atoms with Gasteiger partial charge in [-0.3, -0.25) is 4.79 Å². The number of carbonyl (C=O) groups is 1. The standard InChI is InChI=1S/C11H13BrClNO3/c1-16-4-5-17-7-11(15)14-10-6-8(13)2-3-9(10)12/h2-3,6H,4-5,7H2,1H3,(H,14,15). The number of nitrogens with one attached hydrogen (secondary N) is 1. The quantitative estimate of drug-likeness (QED) is 0.819. The first-order valence-corrected chi connectivity index (χ1v) is 6.12. The minimum Gasteiger partial charge on any atom is -0.382 e. The fraction of sp³-hybridized carbons (Fsp3) is 0.364. The van der Waals surface area contributed by atoms with Gasteiger partial charge in [-0.05, 0) is 34.1 Å². The molecule has 0 radical (unpaired) electrons. The summed E-state index contributed by atoms with van der Waals surface area (Å²) in [4.78, 5) is 11.5. The average Bonchev–Trinajstić information content (AvgIpc) is 2.29. The molecule has 0 saturated carbocycles. The molecule has 0 heterocycles. The first-order chi connectivity index (χ1) is 8.13. The van der Waals surface area contributed by atoms with E-state index in [1.807, 2.05) is 0 Å². The van der Waals surface area contributed by atoms with Crippen LogP contribution in [0, 0.1) is 0 Å². The molecule has 94 valence electrons. The molecular formula is C11H13BrClNO3. The van der Waals surface area contributed by atoms with Crippen molar-refractivity contribution in [2.24, 2.45) is 0 Å². The largest absolute Gasteiger partial charge is 0.382 e. The molecule has 0 unspecified atom stereocenters. The van der Waals surface area contributed by atoms with E-state index in [9.17, 15) is 4.79 Å². The molecule has 0 aliphatic rings. The number of hydrogen-bond acceptors (Lipinski definition) is 3. The van der Waals surface area contributed by atoms with Gasteiger partial charge in [-0.25, -0.2) is 0 Å². The van der Waals surface area contributed by atoms with Crippen molar-refractivity contribution < 1.29 is 14.3 Å². The Bertz CT molecular complexity index is 387. The Labute approximate surface area is 113 Å². The number of benzene rings is 1. The zero-order valence-electron chi connectivity index (χ0n) is 9.33. The van der Waals surface area contributed by atoms with Gasteiger partial charge in [0.1, 0.15) is 6.61 Å². The number of ether oxygens (including phenoxy) is 2. The van der Waals surface area contributed by atoms with E-state index in [4.69, 9.17) is 21.1 Å². The van der Waals surface area contributed by atoms with Gasteiger partial charge in [0.05, 0.1) is 18.9 Å². The van der Waals surface area contributed by atoms with Crippen LogP contribution in [0.2, 0.25) is 5.02 Å². The molecular weight excluding hydrogens is 309 g/mol. The zero-order chi connectivity index (χ0) is 12.7. The molecule has 0 fully saturated rings. The first-order valence-electron chi connectivity index (χ1n) is 4.95. The monoisotopic (exact) mass is 321 g/mol. The number of rotatable bonds is 6. The molecule has 0 aliphatic carbocycles. The fourth-order valence-corrected chi connectivity index (χ4v) is 1.60. The summed E-state index contributed by atoms with van der Waals surface area (Å²) in [7, 11) is 1.58. The highest BCUT2D eigenvalue weighted by molar-refractivity contribution is 9.10. The maximum atomic E-state index is 11.5. The summed E-state index contributed by atoms with van der Waals surface area (Å²) in [5.74, 6) is -0.232. The predicted molar refractivity (Wildman–Crippen MR) is 70.5 cm³/mol. The number of methoxy groups -OCH3 is 1. The Hall–Kier alpha value is -0.620. The van der Waals surface area contributed by atoms with E-state index < -0.39 is 0 Å². The van der Waals surface area contributed by atoms with Crippen molar-refractivity contribution in [2.75, 3.05) is 32.2 Å². The third kappa shape index (κ3) is 5.50. The van der Waals surface area contributed by atoms with E-state index in [-0.39, 0.29) is 12.5 Å². The first kappa shape index (κ1) is 14.4. The Morgan fingerprint density at radius 2 is 2.24 bits per heavy atom. The average molecular weight is 323 g/mol. The maximum absolute atomic E-state index is 11.5. The lowest BCUT2D eigenvalue weighted by Gasteiger charge is -2.08. The minimum atomic E-state index is -0.232. The predicted octanol–water partition coefficient (Wildman–Crippen LogP) is 2.70. The van der Waals surface area contributed by atoms with Gasteiger partial charge in [0.15, 0.2) is 0 Å². The van der Waals surface area contributed by atoms with E-state index in [0.717, 1.165) is 4.47 Å². The number of amides is 1. The zero-order valence-corrected chi connectivity index (χ0v) is 11.7. The van der Waals surface area contributed by atoms with Crippen LogP contribution in [0.15, 0.2) is 22.7 Å². The van der Waals surface area contributed by atoms with Gasteiger partial charge < -0.3 is 14.8 Å². The SMILES string of the molecule is COCCOCC(=O)Nc1cc(Cl)ccc1Br. The van der Waals surface area contributed by atoms with Crippen molar-refractivity contribution in [3.8, 4) is 0 Å². The molecule has 0 bridgehead atoms. The highest BCUT2D eigenvalue weighted by atomic mass is 79.9. The molecule has 0 aromatic heterocycles. The summed E-state index contributed by atoms with van der Waals surface area (Å²) in [6.07, 6.45) is 0. The molecule has 4 nitrogen and oxygen atoms in total. The van der Waals surface area contributed by atoms with Crippen molar-refractivity contribution >= 4 is 39.1 Å². The van der Waals surface area contributed by atoms with Crippen LogP contribution in [-0.4, -0.2) is 32.8 Å². The molecule has 1 aromatic carbocycles. The Morgan fingerprint density at radius 3 is 2.94 bits per heavy atom. The highest BCUT2D eigenvalue weighted by Gasteiger charge is 2.06. The lowest BCUT2D eigenvalue weighted by Crippen LogP contribution is -2.19. The van der Waals surface area contributed by atoms with Gasteiger partial charge in [0.2, 0.25) is 5.91 Å². The molecule has 1 rings (SSSR count). The Morgan fingerprint density at radius 1 is 1.47 bits per heavy atom. The van der Waals surface area contributed by atoms with Gasteiger partial charge in [-0.2, -0.15) is 0 Å². The van der Waals surface area contributed by atoms with Crippen molar-refractivity contribution in [1.29, 1.82) is 0 Å². The second-order valence-electron chi connectivity index (χ2n) is 3.22. The molecule has 0 aliphatic heterocycles. The normalized spacial score (nSPS) is 10.3. The lowest BCUT2D eigenvalue weighted by molar-refractivity contribution is -0.121. The number of hydrogen-bond donors (Lipinski definition) is 1. The van der Waals surface area contributed by atoms with Crippen LogP contribution < -0.4 is 5.32 Å². The third-order valence-corrected chi connectivity index (χ3v) is 2.79. The molecule has 1 N–H and O–H groups in total. The van der Waals surface area contributed by atoms with Gasteiger partial charge in [0, 0.05) is 16.6 Å². The van der Waals surface area contributed by atoms with E-state index in [1.165, 1.54) is 0 Å². The molecule has 0 atom stereocenters. The summed E-state index contributed by atoms with van der Waals surface area (Å²) in [5, 5.41) is 3.25. The van der Waals surface area contributed by atoms with Gasteiger partial charge in [0.25, 0.3) is 0 Å². The summed E-state index contributed by atoms with van der Waals surface area (Å²) in [6.45, 7) is 0.844. The summed E-state index contributed by atoms with van der Waals surface area (Å²) in [5.41, 5.74) is 0.623. The maximum Gasteiger partial charge on any atom is 0.250 e.